The van der Waals surface area contributed by atoms with Gasteiger partial charge in [0.05, 0.1) is 0 Å². The molecule has 19 heavy (non-hydrogen) atoms. The molecule has 0 aliphatic carbocycles. The molecule has 106 valence electrons. The second-order valence-electron chi connectivity index (χ2n) is 5.25. The Balaban J connectivity index is 1.86. The van der Waals surface area contributed by atoms with Crippen LogP contribution in [-0.4, -0.2) is 42.1 Å². The minimum absolute atomic E-state index is 0.497. The van der Waals surface area contributed by atoms with Gasteiger partial charge in [0.1, 0.15) is 0 Å². The third-order valence-electron chi connectivity index (χ3n) is 3.92. The van der Waals surface area contributed by atoms with Crippen molar-refractivity contribution in [2.45, 2.75) is 32.4 Å². The van der Waals surface area contributed by atoms with Crippen LogP contribution in [0.1, 0.15) is 31.9 Å². The number of hydrogen-bond acceptors (Lipinski definition) is 3. The minimum atomic E-state index is 0.497. The van der Waals surface area contributed by atoms with E-state index in [-0.39, 0.29) is 0 Å². The van der Waals surface area contributed by atoms with Crippen molar-refractivity contribution in [3.63, 3.8) is 0 Å². The second kappa shape index (κ2) is 7.93. The number of hydrogen-bond donors (Lipinski definition) is 1. The van der Waals surface area contributed by atoms with E-state index in [2.05, 4.69) is 66.2 Å². The van der Waals surface area contributed by atoms with Crippen molar-refractivity contribution in [1.29, 1.82) is 0 Å². The number of benzene rings is 1. The molecular weight excluding hydrogens is 252 g/mol. The summed E-state index contributed by atoms with van der Waals surface area (Å²) >= 11 is 2.06. The first-order valence-corrected chi connectivity index (χ1v) is 8.57. The Morgan fingerprint density at radius 2 is 2.16 bits per heavy atom. The van der Waals surface area contributed by atoms with E-state index >= 15 is 0 Å². The van der Waals surface area contributed by atoms with Crippen LogP contribution in [0.3, 0.4) is 0 Å². The molecule has 0 amide bonds. The maximum atomic E-state index is 3.64. The van der Waals surface area contributed by atoms with Gasteiger partial charge in [-0.05, 0) is 30.4 Å². The first-order chi connectivity index (χ1) is 9.31. The SMILES string of the molecule is CCSCCC(C)N1CCNC(c2ccccc2)C1. The van der Waals surface area contributed by atoms with Crippen molar-refractivity contribution < 1.29 is 0 Å². The van der Waals surface area contributed by atoms with E-state index in [4.69, 9.17) is 0 Å². The highest BCUT2D eigenvalue weighted by Crippen LogP contribution is 2.20. The molecule has 0 saturated carbocycles. The smallest absolute Gasteiger partial charge is 0.0449 e. The molecule has 0 aromatic heterocycles. The Kier molecular flexibility index (Phi) is 6.21. The largest absolute Gasteiger partial charge is 0.308 e. The third-order valence-corrected chi connectivity index (χ3v) is 4.85. The molecule has 1 aliphatic heterocycles. The van der Waals surface area contributed by atoms with Gasteiger partial charge in [-0.25, -0.2) is 0 Å². The standard InChI is InChI=1S/C16H26N2S/c1-3-19-12-9-14(2)18-11-10-17-16(13-18)15-7-5-4-6-8-15/h4-8,14,16-17H,3,9-13H2,1-2H3. The zero-order valence-corrected chi connectivity index (χ0v) is 13.0. The van der Waals surface area contributed by atoms with Crippen molar-refractivity contribution in [3.05, 3.63) is 35.9 Å². The summed E-state index contributed by atoms with van der Waals surface area (Å²) in [5.74, 6) is 2.53. The molecule has 3 heteroatoms. The summed E-state index contributed by atoms with van der Waals surface area (Å²) in [6, 6.07) is 12.0. The molecule has 2 rings (SSSR count). The second-order valence-corrected chi connectivity index (χ2v) is 6.64. The Morgan fingerprint density at radius 3 is 2.89 bits per heavy atom. The minimum Gasteiger partial charge on any atom is -0.308 e. The van der Waals surface area contributed by atoms with Gasteiger partial charge in [-0.2, -0.15) is 11.8 Å². The van der Waals surface area contributed by atoms with Crippen LogP contribution in [0, 0.1) is 0 Å². The Bertz CT molecular complexity index is 355. The normalized spacial score (nSPS) is 22.3. The molecule has 2 unspecified atom stereocenters. The van der Waals surface area contributed by atoms with Crippen LogP contribution in [0.2, 0.25) is 0 Å². The molecule has 0 bridgehead atoms. The molecule has 0 radical (unpaired) electrons. The van der Waals surface area contributed by atoms with Gasteiger partial charge in [0, 0.05) is 31.7 Å². The number of nitrogens with zero attached hydrogens (tertiary/aromatic N) is 1. The van der Waals surface area contributed by atoms with E-state index in [1.54, 1.807) is 0 Å². The average Bonchev–Trinajstić information content (AvgIpc) is 2.48. The van der Waals surface area contributed by atoms with Crippen molar-refractivity contribution in [1.82, 2.24) is 10.2 Å². The lowest BCUT2D eigenvalue weighted by Gasteiger charge is -2.37. The summed E-state index contributed by atoms with van der Waals surface area (Å²) < 4.78 is 0. The summed E-state index contributed by atoms with van der Waals surface area (Å²) in [5, 5.41) is 3.64. The van der Waals surface area contributed by atoms with E-state index in [9.17, 15) is 0 Å². The molecule has 0 spiro atoms. The van der Waals surface area contributed by atoms with Gasteiger partial charge in [0.2, 0.25) is 0 Å². The Labute approximate surface area is 122 Å². The molecule has 1 aromatic rings. The monoisotopic (exact) mass is 278 g/mol. The average molecular weight is 278 g/mol. The van der Waals surface area contributed by atoms with E-state index in [0.29, 0.717) is 12.1 Å². The van der Waals surface area contributed by atoms with Crippen molar-refractivity contribution >= 4 is 11.8 Å². The first kappa shape index (κ1) is 14.9. The van der Waals surface area contributed by atoms with Gasteiger partial charge < -0.3 is 5.32 Å². The van der Waals surface area contributed by atoms with E-state index in [1.807, 2.05) is 0 Å². The van der Waals surface area contributed by atoms with Gasteiger partial charge in [-0.1, -0.05) is 37.3 Å². The summed E-state index contributed by atoms with van der Waals surface area (Å²) in [7, 11) is 0. The maximum Gasteiger partial charge on any atom is 0.0449 e. The molecule has 1 aromatic carbocycles. The third kappa shape index (κ3) is 4.51. The Hall–Kier alpha value is -0.510. The number of rotatable bonds is 6. The van der Waals surface area contributed by atoms with Crippen molar-refractivity contribution in [2.24, 2.45) is 0 Å². The lowest BCUT2D eigenvalue weighted by atomic mass is 10.0. The van der Waals surface area contributed by atoms with Gasteiger partial charge in [0.15, 0.2) is 0 Å². The zero-order valence-electron chi connectivity index (χ0n) is 12.1. The summed E-state index contributed by atoms with van der Waals surface area (Å²) in [6.45, 7) is 8.04. The van der Waals surface area contributed by atoms with E-state index in [1.165, 1.54) is 30.0 Å². The molecule has 1 aliphatic rings. The first-order valence-electron chi connectivity index (χ1n) is 7.41. The van der Waals surface area contributed by atoms with Crippen molar-refractivity contribution in [2.75, 3.05) is 31.1 Å². The molecular formula is C16H26N2S. The molecule has 1 N–H and O–H groups in total. The fourth-order valence-corrected chi connectivity index (χ4v) is 3.46. The van der Waals surface area contributed by atoms with Crippen LogP contribution in [0.5, 0.6) is 0 Å². The molecule has 1 heterocycles. The topological polar surface area (TPSA) is 15.3 Å². The summed E-state index contributed by atoms with van der Waals surface area (Å²) in [4.78, 5) is 2.64. The van der Waals surface area contributed by atoms with E-state index < -0.39 is 0 Å². The summed E-state index contributed by atoms with van der Waals surface area (Å²) in [5.41, 5.74) is 1.42. The predicted molar refractivity (Wildman–Crippen MR) is 85.8 cm³/mol. The maximum absolute atomic E-state index is 3.64. The summed E-state index contributed by atoms with van der Waals surface area (Å²) in [6.07, 6.45) is 1.31. The van der Waals surface area contributed by atoms with Crippen LogP contribution in [-0.2, 0) is 0 Å². The van der Waals surface area contributed by atoms with E-state index in [0.717, 1.165) is 13.1 Å². The zero-order chi connectivity index (χ0) is 13.5. The van der Waals surface area contributed by atoms with Gasteiger partial charge in [-0.15, -0.1) is 0 Å². The van der Waals surface area contributed by atoms with Crippen LogP contribution < -0.4 is 5.32 Å². The molecule has 2 nitrogen and oxygen atoms in total. The lowest BCUT2D eigenvalue weighted by molar-refractivity contribution is 0.150. The highest BCUT2D eigenvalue weighted by atomic mass is 32.2. The van der Waals surface area contributed by atoms with Crippen LogP contribution in [0.4, 0.5) is 0 Å². The highest BCUT2D eigenvalue weighted by Gasteiger charge is 2.23. The number of thioether (sulfide) groups is 1. The molecule has 1 fully saturated rings. The fraction of sp³-hybridized carbons (Fsp3) is 0.625. The van der Waals surface area contributed by atoms with Crippen LogP contribution >= 0.6 is 11.8 Å². The quantitative estimate of drug-likeness (QED) is 0.805. The Morgan fingerprint density at radius 1 is 1.37 bits per heavy atom. The van der Waals surface area contributed by atoms with Gasteiger partial charge in [0.25, 0.3) is 0 Å². The lowest BCUT2D eigenvalue weighted by Crippen LogP contribution is -2.49. The molecule has 2 atom stereocenters. The van der Waals surface area contributed by atoms with Crippen molar-refractivity contribution in [3.8, 4) is 0 Å². The van der Waals surface area contributed by atoms with Gasteiger partial charge in [-0.3, -0.25) is 4.90 Å². The van der Waals surface area contributed by atoms with Gasteiger partial charge >= 0.3 is 0 Å². The molecule has 1 saturated heterocycles. The predicted octanol–water partition coefficient (Wildman–Crippen LogP) is 3.16. The van der Waals surface area contributed by atoms with Crippen LogP contribution in [0.15, 0.2) is 30.3 Å². The van der Waals surface area contributed by atoms with Crippen LogP contribution in [0.25, 0.3) is 0 Å². The highest BCUT2D eigenvalue weighted by molar-refractivity contribution is 7.99. The fourth-order valence-electron chi connectivity index (χ4n) is 2.66. The number of piperazine rings is 1. The number of nitrogens with one attached hydrogen (secondary N) is 1.